The molecule has 4 rings (SSSR count). The van der Waals surface area contributed by atoms with E-state index >= 15 is 0 Å². The SMILES string of the molecule is CC(Cl)COc1ccc(-c2ccccc2)c(-c2ccccc2)c1-c1ccccc1. The molecule has 1 nitrogen and oxygen atoms in total. The van der Waals surface area contributed by atoms with Gasteiger partial charge in [-0.05, 0) is 35.2 Å². The summed E-state index contributed by atoms with van der Waals surface area (Å²) in [5.41, 5.74) is 6.91. The summed E-state index contributed by atoms with van der Waals surface area (Å²) in [6, 6.07) is 35.6. The molecule has 0 aromatic heterocycles. The lowest BCUT2D eigenvalue weighted by Crippen LogP contribution is -2.08. The third kappa shape index (κ3) is 4.36. The van der Waals surface area contributed by atoms with Crippen molar-refractivity contribution >= 4 is 11.6 Å². The Kier molecular flexibility index (Phi) is 5.97. The summed E-state index contributed by atoms with van der Waals surface area (Å²) in [7, 11) is 0. The van der Waals surface area contributed by atoms with E-state index < -0.39 is 0 Å². The molecule has 0 aliphatic carbocycles. The predicted molar refractivity (Wildman–Crippen MR) is 124 cm³/mol. The molecule has 0 radical (unpaired) electrons. The minimum absolute atomic E-state index is 0.0624. The minimum Gasteiger partial charge on any atom is -0.491 e. The second kappa shape index (κ2) is 8.98. The molecule has 0 spiro atoms. The van der Waals surface area contributed by atoms with Gasteiger partial charge in [-0.15, -0.1) is 11.6 Å². The number of ether oxygens (including phenoxy) is 1. The van der Waals surface area contributed by atoms with Gasteiger partial charge in [-0.3, -0.25) is 0 Å². The minimum atomic E-state index is -0.0624. The van der Waals surface area contributed by atoms with Crippen molar-refractivity contribution < 1.29 is 4.74 Å². The Hall–Kier alpha value is -3.03. The fraction of sp³-hybridized carbons (Fsp3) is 0.111. The Morgan fingerprint density at radius 2 is 1.10 bits per heavy atom. The summed E-state index contributed by atoms with van der Waals surface area (Å²) in [4.78, 5) is 0. The van der Waals surface area contributed by atoms with Crippen molar-refractivity contribution in [2.45, 2.75) is 12.3 Å². The largest absolute Gasteiger partial charge is 0.491 e. The molecule has 29 heavy (non-hydrogen) atoms. The fourth-order valence-corrected chi connectivity index (χ4v) is 3.63. The number of benzene rings is 4. The molecule has 0 fully saturated rings. The highest BCUT2D eigenvalue weighted by Crippen LogP contribution is 2.45. The summed E-state index contributed by atoms with van der Waals surface area (Å²) < 4.78 is 6.17. The lowest BCUT2D eigenvalue weighted by atomic mass is 9.87. The Balaban J connectivity index is 2.02. The molecule has 0 heterocycles. The van der Waals surface area contributed by atoms with Crippen molar-refractivity contribution in [2.75, 3.05) is 6.61 Å². The van der Waals surface area contributed by atoms with Crippen molar-refractivity contribution in [3.05, 3.63) is 103 Å². The first-order valence-corrected chi connectivity index (χ1v) is 10.3. The highest BCUT2D eigenvalue weighted by molar-refractivity contribution is 6.20. The van der Waals surface area contributed by atoms with E-state index in [0.717, 1.165) is 22.4 Å². The molecule has 4 aromatic rings. The number of rotatable bonds is 6. The number of hydrogen-bond donors (Lipinski definition) is 0. The number of halogens is 1. The van der Waals surface area contributed by atoms with E-state index in [-0.39, 0.29) is 5.38 Å². The first-order valence-electron chi connectivity index (χ1n) is 9.84. The fourth-order valence-electron chi connectivity index (χ4n) is 3.56. The molecule has 4 aromatic carbocycles. The van der Waals surface area contributed by atoms with E-state index in [1.54, 1.807) is 0 Å². The molecule has 0 N–H and O–H groups in total. The van der Waals surface area contributed by atoms with Crippen molar-refractivity contribution in [3.63, 3.8) is 0 Å². The van der Waals surface area contributed by atoms with Gasteiger partial charge in [0.25, 0.3) is 0 Å². The van der Waals surface area contributed by atoms with Crippen LogP contribution in [0.3, 0.4) is 0 Å². The van der Waals surface area contributed by atoms with E-state index in [1.165, 1.54) is 16.7 Å². The molecule has 2 heteroatoms. The number of hydrogen-bond acceptors (Lipinski definition) is 1. The van der Waals surface area contributed by atoms with E-state index in [0.29, 0.717) is 6.61 Å². The van der Waals surface area contributed by atoms with Gasteiger partial charge >= 0.3 is 0 Å². The zero-order valence-corrected chi connectivity index (χ0v) is 17.1. The molecular weight excluding hydrogens is 376 g/mol. The maximum atomic E-state index is 6.18. The van der Waals surface area contributed by atoms with Gasteiger partial charge < -0.3 is 4.74 Å². The molecule has 0 amide bonds. The van der Waals surface area contributed by atoms with Gasteiger partial charge in [0.05, 0.1) is 5.38 Å². The maximum Gasteiger partial charge on any atom is 0.127 e. The van der Waals surface area contributed by atoms with Crippen LogP contribution in [0.15, 0.2) is 103 Å². The van der Waals surface area contributed by atoms with E-state index in [9.17, 15) is 0 Å². The van der Waals surface area contributed by atoms with E-state index in [2.05, 4.69) is 84.9 Å². The van der Waals surface area contributed by atoms with Gasteiger partial charge in [-0.2, -0.15) is 0 Å². The van der Waals surface area contributed by atoms with Crippen LogP contribution in [0.5, 0.6) is 5.75 Å². The van der Waals surface area contributed by atoms with Crippen LogP contribution < -0.4 is 4.74 Å². The lowest BCUT2D eigenvalue weighted by molar-refractivity contribution is 0.322. The first kappa shape index (κ1) is 19.3. The molecule has 1 atom stereocenters. The first-order chi connectivity index (χ1) is 14.2. The number of alkyl halides is 1. The second-order valence-electron chi connectivity index (χ2n) is 7.05. The monoisotopic (exact) mass is 398 g/mol. The van der Waals surface area contributed by atoms with Crippen LogP contribution >= 0.6 is 11.6 Å². The van der Waals surface area contributed by atoms with Crippen molar-refractivity contribution in [1.29, 1.82) is 0 Å². The molecule has 0 saturated carbocycles. The Morgan fingerprint density at radius 3 is 1.62 bits per heavy atom. The molecule has 1 unspecified atom stereocenters. The highest BCUT2D eigenvalue weighted by atomic mass is 35.5. The quantitative estimate of drug-likeness (QED) is 0.302. The van der Waals surface area contributed by atoms with Crippen LogP contribution in [0.4, 0.5) is 0 Å². The van der Waals surface area contributed by atoms with Crippen LogP contribution in [0, 0.1) is 0 Å². The van der Waals surface area contributed by atoms with Crippen LogP contribution in [0.25, 0.3) is 33.4 Å². The second-order valence-corrected chi connectivity index (χ2v) is 7.80. The summed E-state index contributed by atoms with van der Waals surface area (Å²) in [5.74, 6) is 0.849. The standard InChI is InChI=1S/C27H23ClO/c1-20(28)19-29-25-18-17-24(21-11-5-2-6-12-21)26(22-13-7-3-8-14-22)27(25)23-15-9-4-10-16-23/h2-18,20H,19H2,1H3. The Bertz CT molecular complexity index is 1060. The van der Waals surface area contributed by atoms with Crippen LogP contribution in [-0.2, 0) is 0 Å². The summed E-state index contributed by atoms with van der Waals surface area (Å²) in [5, 5.41) is -0.0624. The molecule has 0 saturated heterocycles. The zero-order chi connectivity index (χ0) is 20.1. The summed E-state index contributed by atoms with van der Waals surface area (Å²) >= 11 is 6.18. The smallest absolute Gasteiger partial charge is 0.127 e. The predicted octanol–water partition coefficient (Wildman–Crippen LogP) is 7.69. The van der Waals surface area contributed by atoms with Crippen LogP contribution in [0.1, 0.15) is 6.92 Å². The Labute approximate surface area is 177 Å². The normalized spacial score (nSPS) is 11.8. The van der Waals surface area contributed by atoms with Gasteiger partial charge in [-0.1, -0.05) is 97.1 Å². The highest BCUT2D eigenvalue weighted by Gasteiger charge is 2.19. The zero-order valence-electron chi connectivity index (χ0n) is 16.4. The third-order valence-electron chi connectivity index (χ3n) is 4.85. The van der Waals surface area contributed by atoms with Crippen molar-refractivity contribution in [2.24, 2.45) is 0 Å². The third-order valence-corrected chi connectivity index (χ3v) is 4.97. The van der Waals surface area contributed by atoms with Crippen LogP contribution in [0.2, 0.25) is 0 Å². The average molecular weight is 399 g/mol. The average Bonchev–Trinajstić information content (AvgIpc) is 2.78. The van der Waals surface area contributed by atoms with E-state index in [1.807, 2.05) is 25.1 Å². The van der Waals surface area contributed by atoms with Gasteiger partial charge in [-0.25, -0.2) is 0 Å². The van der Waals surface area contributed by atoms with E-state index in [4.69, 9.17) is 16.3 Å². The van der Waals surface area contributed by atoms with Gasteiger partial charge in [0.2, 0.25) is 0 Å². The molecule has 0 aliphatic rings. The molecule has 144 valence electrons. The van der Waals surface area contributed by atoms with Gasteiger partial charge in [0.1, 0.15) is 12.4 Å². The summed E-state index contributed by atoms with van der Waals surface area (Å²) in [6.07, 6.45) is 0. The maximum absolute atomic E-state index is 6.18. The van der Waals surface area contributed by atoms with Crippen molar-refractivity contribution in [3.8, 4) is 39.1 Å². The van der Waals surface area contributed by atoms with Crippen molar-refractivity contribution in [1.82, 2.24) is 0 Å². The van der Waals surface area contributed by atoms with Crippen LogP contribution in [-0.4, -0.2) is 12.0 Å². The lowest BCUT2D eigenvalue weighted by Gasteiger charge is -2.21. The Morgan fingerprint density at radius 1 is 0.621 bits per heavy atom. The van der Waals surface area contributed by atoms with Gasteiger partial charge in [0.15, 0.2) is 0 Å². The molecule has 0 aliphatic heterocycles. The van der Waals surface area contributed by atoms with Gasteiger partial charge in [0, 0.05) is 11.1 Å². The summed E-state index contributed by atoms with van der Waals surface area (Å²) in [6.45, 7) is 2.40. The molecular formula is C27H23ClO. The topological polar surface area (TPSA) is 9.23 Å². The molecule has 0 bridgehead atoms.